The fourth-order valence-electron chi connectivity index (χ4n) is 3.25. The summed E-state index contributed by atoms with van der Waals surface area (Å²) in [5, 5.41) is 7.94. The Hall–Kier alpha value is -3.94. The lowest BCUT2D eigenvalue weighted by atomic mass is 10.1. The fourth-order valence-corrected chi connectivity index (χ4v) is 3.25. The van der Waals surface area contributed by atoms with Crippen molar-refractivity contribution in [1.29, 1.82) is 0 Å². The predicted octanol–water partition coefficient (Wildman–Crippen LogP) is 7.96. The third-order valence-corrected chi connectivity index (χ3v) is 5.12. The summed E-state index contributed by atoms with van der Waals surface area (Å²) in [6.07, 6.45) is 4.93. The Kier molecular flexibility index (Phi) is 10.4. The minimum Gasteiger partial charge on any atom is -0.443 e. The van der Waals surface area contributed by atoms with Crippen LogP contribution in [0.1, 0.15) is 59.6 Å². The van der Waals surface area contributed by atoms with Gasteiger partial charge in [0.05, 0.1) is 12.2 Å². The van der Waals surface area contributed by atoms with Crippen LogP contribution in [0.25, 0.3) is 12.2 Å². The lowest BCUT2D eigenvalue weighted by Crippen LogP contribution is -2.38. The Morgan fingerprint density at radius 1 is 0.789 bits per heavy atom. The van der Waals surface area contributed by atoms with Crippen LogP contribution in [0.4, 0.5) is 21.0 Å². The van der Waals surface area contributed by atoms with E-state index in [-0.39, 0.29) is 6.54 Å². The first kappa shape index (κ1) is 30.3. The molecular formula is C30H40N4O4. The van der Waals surface area contributed by atoms with Gasteiger partial charge in [0, 0.05) is 25.5 Å². The Labute approximate surface area is 226 Å². The molecule has 38 heavy (non-hydrogen) atoms. The van der Waals surface area contributed by atoms with Crippen LogP contribution in [0.2, 0.25) is 0 Å². The largest absolute Gasteiger partial charge is 0.443 e. The molecule has 0 bridgehead atoms. The highest BCUT2D eigenvalue weighted by atomic mass is 16.6. The average Bonchev–Trinajstić information content (AvgIpc) is 2.83. The number of ether oxygens (including phenoxy) is 2. The molecule has 2 aromatic carbocycles. The van der Waals surface area contributed by atoms with Gasteiger partial charge in [-0.3, -0.25) is 9.80 Å². The predicted molar refractivity (Wildman–Crippen MR) is 155 cm³/mol. The molecular weight excluding hydrogens is 480 g/mol. The van der Waals surface area contributed by atoms with Gasteiger partial charge in [-0.15, -0.1) is 0 Å². The summed E-state index contributed by atoms with van der Waals surface area (Å²) >= 11 is 0. The number of carbonyl (C=O) groups is 2. The van der Waals surface area contributed by atoms with Gasteiger partial charge in [-0.1, -0.05) is 42.5 Å². The summed E-state index contributed by atoms with van der Waals surface area (Å²) in [7, 11) is 3.28. The molecule has 8 nitrogen and oxygen atoms in total. The second-order valence-electron chi connectivity index (χ2n) is 10.7. The van der Waals surface area contributed by atoms with Crippen molar-refractivity contribution >= 4 is 35.7 Å². The molecule has 0 radical (unpaired) electrons. The third-order valence-electron chi connectivity index (χ3n) is 5.12. The Morgan fingerprint density at radius 2 is 1.24 bits per heavy atom. The first-order valence-electron chi connectivity index (χ1n) is 12.5. The Bertz CT molecular complexity index is 1170. The molecule has 0 aliphatic heterocycles. The molecule has 0 saturated heterocycles. The number of amides is 2. The molecule has 0 N–H and O–H groups in total. The Balaban J connectivity index is 2.17. The third kappa shape index (κ3) is 9.84. The van der Waals surface area contributed by atoms with E-state index in [0.29, 0.717) is 11.4 Å². The second kappa shape index (κ2) is 13.0. The second-order valence-corrected chi connectivity index (χ2v) is 10.7. The van der Waals surface area contributed by atoms with E-state index in [1.165, 1.54) is 4.90 Å². The van der Waals surface area contributed by atoms with Crippen molar-refractivity contribution < 1.29 is 19.1 Å². The van der Waals surface area contributed by atoms with Crippen LogP contribution < -0.4 is 9.80 Å². The number of benzene rings is 2. The van der Waals surface area contributed by atoms with Crippen molar-refractivity contribution in [2.24, 2.45) is 10.2 Å². The van der Waals surface area contributed by atoms with E-state index >= 15 is 0 Å². The van der Waals surface area contributed by atoms with E-state index in [1.54, 1.807) is 19.0 Å². The van der Waals surface area contributed by atoms with Gasteiger partial charge in [0.15, 0.2) is 0 Å². The zero-order valence-corrected chi connectivity index (χ0v) is 24.0. The Morgan fingerprint density at radius 3 is 1.66 bits per heavy atom. The maximum Gasteiger partial charge on any atom is 0.415 e. The van der Waals surface area contributed by atoms with Crippen LogP contribution in [-0.4, -0.2) is 44.0 Å². The summed E-state index contributed by atoms with van der Waals surface area (Å²) in [5.74, 6) is 0. The SMILES string of the molecule is C/C=C(CN(C(=O)OC(C)(C)C)c1ccc(/C=C/c2ccc(N(C)C(=O)OC(C)(C)C)cc2)cc1)\N=N/C. The highest BCUT2D eigenvalue weighted by molar-refractivity contribution is 5.89. The highest BCUT2D eigenvalue weighted by Crippen LogP contribution is 2.23. The number of rotatable bonds is 7. The number of azo groups is 1. The quantitative estimate of drug-likeness (QED) is 0.274. The first-order valence-corrected chi connectivity index (χ1v) is 12.5. The van der Waals surface area contributed by atoms with Crippen molar-refractivity contribution in [1.82, 2.24) is 0 Å². The molecule has 0 atom stereocenters. The molecule has 0 aliphatic rings. The molecule has 204 valence electrons. The number of carbonyl (C=O) groups excluding carboxylic acids is 2. The summed E-state index contributed by atoms with van der Waals surface area (Å²) in [6.45, 7) is 13.1. The van der Waals surface area contributed by atoms with Crippen molar-refractivity contribution in [3.63, 3.8) is 0 Å². The first-order chi connectivity index (χ1) is 17.7. The minimum atomic E-state index is -0.627. The van der Waals surface area contributed by atoms with Crippen LogP contribution in [0.5, 0.6) is 0 Å². The average molecular weight is 521 g/mol. The molecule has 0 saturated carbocycles. The summed E-state index contributed by atoms with van der Waals surface area (Å²) in [4.78, 5) is 28.3. The molecule has 0 aromatic heterocycles. The maximum absolute atomic E-state index is 13.0. The van der Waals surface area contributed by atoms with Gasteiger partial charge < -0.3 is 9.47 Å². The summed E-state index contributed by atoms with van der Waals surface area (Å²) in [5.41, 5.74) is 2.85. The molecule has 2 rings (SSSR count). The number of nitrogens with zero attached hydrogens (tertiary/aromatic N) is 4. The monoisotopic (exact) mass is 520 g/mol. The lowest BCUT2D eigenvalue weighted by molar-refractivity contribution is 0.0575. The zero-order chi connectivity index (χ0) is 28.5. The molecule has 0 heterocycles. The molecule has 0 unspecified atom stereocenters. The van der Waals surface area contributed by atoms with E-state index in [2.05, 4.69) is 10.2 Å². The van der Waals surface area contributed by atoms with Gasteiger partial charge in [0.1, 0.15) is 11.2 Å². The van der Waals surface area contributed by atoms with E-state index in [1.807, 2.05) is 115 Å². The molecule has 2 amide bonds. The molecule has 8 heteroatoms. The lowest BCUT2D eigenvalue weighted by Gasteiger charge is -2.27. The van der Waals surface area contributed by atoms with Crippen LogP contribution in [0, 0.1) is 0 Å². The van der Waals surface area contributed by atoms with Crippen molar-refractivity contribution in [2.75, 3.05) is 30.4 Å². The fraction of sp³-hybridized carbons (Fsp3) is 0.400. The smallest absolute Gasteiger partial charge is 0.415 e. The van der Waals surface area contributed by atoms with Gasteiger partial charge in [-0.05, 0) is 83.9 Å². The topological polar surface area (TPSA) is 83.8 Å². The van der Waals surface area contributed by atoms with Gasteiger partial charge in [-0.2, -0.15) is 10.2 Å². The minimum absolute atomic E-state index is 0.238. The maximum atomic E-state index is 13.0. The molecule has 0 fully saturated rings. The summed E-state index contributed by atoms with van der Waals surface area (Å²) < 4.78 is 11.0. The number of hydrogen-bond acceptors (Lipinski definition) is 6. The van der Waals surface area contributed by atoms with Gasteiger partial charge in [-0.25, -0.2) is 9.59 Å². The number of hydrogen-bond donors (Lipinski definition) is 0. The summed E-state index contributed by atoms with van der Waals surface area (Å²) in [6, 6.07) is 15.2. The van der Waals surface area contributed by atoms with Crippen LogP contribution in [0.15, 0.2) is 70.5 Å². The standard InChI is InChI=1S/C30H40N4O4/c1-10-24(32-31-8)21-34(28(36)38-30(5,6)7)26-19-15-23(16-20-26)12-11-22-13-17-25(18-14-22)33(9)27(35)37-29(2,3)4/h10-20H,21H2,1-9H3/b12-11+,24-10-,32-31-. The van der Waals surface area contributed by atoms with Crippen LogP contribution in [-0.2, 0) is 9.47 Å². The van der Waals surface area contributed by atoms with Crippen molar-refractivity contribution in [3.05, 3.63) is 71.4 Å². The van der Waals surface area contributed by atoms with Crippen molar-refractivity contribution in [2.45, 2.75) is 59.7 Å². The van der Waals surface area contributed by atoms with E-state index in [9.17, 15) is 9.59 Å². The number of allylic oxidation sites excluding steroid dienone is 1. The van der Waals surface area contributed by atoms with Crippen LogP contribution in [0.3, 0.4) is 0 Å². The van der Waals surface area contributed by atoms with Crippen molar-refractivity contribution in [3.8, 4) is 0 Å². The normalized spacial score (nSPS) is 12.6. The molecule has 2 aromatic rings. The zero-order valence-electron chi connectivity index (χ0n) is 24.0. The van der Waals surface area contributed by atoms with E-state index in [4.69, 9.17) is 9.47 Å². The van der Waals surface area contributed by atoms with Crippen LogP contribution >= 0.6 is 0 Å². The molecule has 0 spiro atoms. The number of anilines is 2. The molecule has 0 aliphatic carbocycles. The van der Waals surface area contributed by atoms with Gasteiger partial charge in [0.25, 0.3) is 0 Å². The van der Waals surface area contributed by atoms with E-state index in [0.717, 1.165) is 16.8 Å². The van der Waals surface area contributed by atoms with E-state index < -0.39 is 23.4 Å². The highest BCUT2D eigenvalue weighted by Gasteiger charge is 2.24. The van der Waals surface area contributed by atoms with Gasteiger partial charge in [0.2, 0.25) is 0 Å². The van der Waals surface area contributed by atoms with Gasteiger partial charge >= 0.3 is 12.2 Å².